The quantitative estimate of drug-likeness (QED) is 0.256. The molecule has 0 aromatic heterocycles. The molecule has 1 heterocycles. The minimum absolute atomic E-state index is 0.0310. The molecule has 1 amide bonds. The lowest BCUT2D eigenvalue weighted by Crippen LogP contribution is -2.45. The molecule has 1 saturated heterocycles. The Bertz CT molecular complexity index is 1190. The van der Waals surface area contributed by atoms with Crippen LogP contribution in [0.5, 0.6) is 11.5 Å². The number of nitrogens with one attached hydrogen (secondary N) is 1. The molecule has 2 aromatic rings. The predicted octanol–water partition coefficient (Wildman–Crippen LogP) is 1.27. The van der Waals surface area contributed by atoms with Crippen molar-refractivity contribution in [2.75, 3.05) is 13.2 Å². The van der Waals surface area contributed by atoms with E-state index in [2.05, 4.69) is 0 Å². The van der Waals surface area contributed by atoms with E-state index in [4.69, 9.17) is 24.1 Å². The summed E-state index contributed by atoms with van der Waals surface area (Å²) in [5.41, 5.74) is 5.96. The van der Waals surface area contributed by atoms with E-state index in [1.54, 1.807) is 41.1 Å². The molecule has 2 aromatic carbocycles. The number of carbonyl (C=O) groups is 2. The Labute approximate surface area is 227 Å². The SMILES string of the molecule is CC(C)CC(N)C(=O)NS(=O)(=O)OCC1OC(CCOC(=O)c2ccc(Oc3ccccc3)cc2)C(O)C1O. The predicted molar refractivity (Wildman–Crippen MR) is 139 cm³/mol. The van der Waals surface area contributed by atoms with Crippen LogP contribution in [0.15, 0.2) is 54.6 Å². The second-order valence-corrected chi connectivity index (χ2v) is 10.8. The minimum atomic E-state index is -4.52. The molecular formula is C26H34N2O10S. The highest BCUT2D eigenvalue weighted by Gasteiger charge is 2.43. The lowest BCUT2D eigenvalue weighted by Gasteiger charge is -2.17. The first-order valence-electron chi connectivity index (χ1n) is 12.4. The first kappa shape index (κ1) is 30.5. The maximum atomic E-state index is 12.4. The normalized spacial score (nSPS) is 21.9. The smallest absolute Gasteiger partial charge is 0.362 e. The van der Waals surface area contributed by atoms with Gasteiger partial charge in [0, 0.05) is 6.42 Å². The highest BCUT2D eigenvalue weighted by Crippen LogP contribution is 2.25. The average molecular weight is 567 g/mol. The molecule has 1 aliphatic heterocycles. The zero-order valence-electron chi connectivity index (χ0n) is 21.6. The van der Waals surface area contributed by atoms with E-state index in [1.807, 2.05) is 32.0 Å². The van der Waals surface area contributed by atoms with Crippen molar-refractivity contribution in [1.29, 1.82) is 0 Å². The van der Waals surface area contributed by atoms with Gasteiger partial charge in [0.25, 0.3) is 5.91 Å². The van der Waals surface area contributed by atoms with Crippen molar-refractivity contribution >= 4 is 22.2 Å². The first-order valence-corrected chi connectivity index (χ1v) is 13.8. The molecule has 12 nitrogen and oxygen atoms in total. The maximum Gasteiger partial charge on any atom is 0.362 e. The van der Waals surface area contributed by atoms with Crippen LogP contribution in [-0.2, 0) is 28.8 Å². The van der Waals surface area contributed by atoms with Crippen LogP contribution >= 0.6 is 0 Å². The van der Waals surface area contributed by atoms with Gasteiger partial charge in [0.15, 0.2) is 0 Å². The van der Waals surface area contributed by atoms with Gasteiger partial charge in [0.2, 0.25) is 0 Å². The Morgan fingerprint density at radius 2 is 1.62 bits per heavy atom. The van der Waals surface area contributed by atoms with Crippen molar-refractivity contribution in [3.8, 4) is 11.5 Å². The number of benzene rings is 2. The molecule has 214 valence electrons. The number of aliphatic hydroxyl groups excluding tert-OH is 2. The lowest BCUT2D eigenvalue weighted by atomic mass is 10.0. The van der Waals surface area contributed by atoms with Crippen LogP contribution in [0, 0.1) is 5.92 Å². The highest BCUT2D eigenvalue weighted by molar-refractivity contribution is 7.85. The van der Waals surface area contributed by atoms with E-state index in [1.165, 1.54) is 0 Å². The summed E-state index contributed by atoms with van der Waals surface area (Å²) in [6.45, 7) is 2.87. The van der Waals surface area contributed by atoms with Crippen LogP contribution in [-0.4, -0.2) is 74.2 Å². The number of amides is 1. The summed E-state index contributed by atoms with van der Waals surface area (Å²) in [4.78, 5) is 24.3. The summed E-state index contributed by atoms with van der Waals surface area (Å²) in [5.74, 6) is -0.250. The molecule has 0 bridgehead atoms. The molecule has 1 fully saturated rings. The number of aliphatic hydroxyl groups is 2. The summed E-state index contributed by atoms with van der Waals surface area (Å²) in [6, 6.07) is 14.5. The van der Waals surface area contributed by atoms with E-state index in [-0.39, 0.29) is 30.9 Å². The second-order valence-electron chi connectivity index (χ2n) is 9.50. The van der Waals surface area contributed by atoms with Gasteiger partial charge in [-0.1, -0.05) is 32.0 Å². The monoisotopic (exact) mass is 566 g/mol. The van der Waals surface area contributed by atoms with Crippen molar-refractivity contribution in [3.63, 3.8) is 0 Å². The van der Waals surface area contributed by atoms with Crippen LogP contribution in [0.25, 0.3) is 0 Å². The van der Waals surface area contributed by atoms with Crippen LogP contribution in [0.3, 0.4) is 0 Å². The fourth-order valence-electron chi connectivity index (χ4n) is 3.84. The van der Waals surface area contributed by atoms with Gasteiger partial charge < -0.3 is 30.2 Å². The van der Waals surface area contributed by atoms with Crippen LogP contribution in [0.2, 0.25) is 0 Å². The Balaban J connectivity index is 1.42. The maximum absolute atomic E-state index is 12.4. The largest absolute Gasteiger partial charge is 0.462 e. The van der Waals surface area contributed by atoms with Gasteiger partial charge in [-0.15, -0.1) is 0 Å². The summed E-state index contributed by atoms with van der Waals surface area (Å²) in [6.07, 6.45) is -4.67. The van der Waals surface area contributed by atoms with Crippen molar-refractivity contribution in [2.24, 2.45) is 11.7 Å². The Morgan fingerprint density at radius 3 is 2.26 bits per heavy atom. The molecule has 1 aliphatic rings. The molecule has 3 rings (SSSR count). The van der Waals surface area contributed by atoms with Gasteiger partial charge in [0.05, 0.1) is 30.9 Å². The number of para-hydroxylation sites is 1. The Kier molecular flexibility index (Phi) is 10.8. The van der Waals surface area contributed by atoms with Crippen molar-refractivity contribution in [1.82, 2.24) is 4.72 Å². The number of ether oxygens (including phenoxy) is 3. The number of hydrogen-bond acceptors (Lipinski definition) is 11. The first-order chi connectivity index (χ1) is 18.4. The third kappa shape index (κ3) is 9.27. The van der Waals surface area contributed by atoms with E-state index in [0.29, 0.717) is 11.5 Å². The summed E-state index contributed by atoms with van der Waals surface area (Å²) < 4.78 is 47.1. The topological polar surface area (TPSA) is 184 Å². The van der Waals surface area contributed by atoms with E-state index < -0.39 is 59.2 Å². The van der Waals surface area contributed by atoms with E-state index in [9.17, 15) is 28.2 Å². The number of nitrogens with two attached hydrogens (primary N) is 1. The molecule has 13 heteroatoms. The molecule has 39 heavy (non-hydrogen) atoms. The zero-order valence-corrected chi connectivity index (χ0v) is 22.5. The van der Waals surface area contributed by atoms with Crippen LogP contribution < -0.4 is 15.2 Å². The highest BCUT2D eigenvalue weighted by atomic mass is 32.2. The minimum Gasteiger partial charge on any atom is -0.462 e. The fourth-order valence-corrected chi connectivity index (χ4v) is 4.61. The van der Waals surface area contributed by atoms with Gasteiger partial charge in [-0.2, -0.15) is 8.42 Å². The molecule has 0 spiro atoms. The van der Waals surface area contributed by atoms with Gasteiger partial charge in [0.1, 0.15) is 29.8 Å². The number of carbonyl (C=O) groups excluding carboxylic acids is 2. The van der Waals surface area contributed by atoms with E-state index in [0.717, 1.165) is 0 Å². The summed E-state index contributed by atoms with van der Waals surface area (Å²) >= 11 is 0. The molecule has 0 saturated carbocycles. The van der Waals surface area contributed by atoms with Crippen LogP contribution in [0.4, 0.5) is 0 Å². The molecular weight excluding hydrogens is 532 g/mol. The second kappa shape index (κ2) is 13.8. The van der Waals surface area contributed by atoms with Gasteiger partial charge in [-0.25, -0.2) is 9.52 Å². The third-order valence-corrected chi connectivity index (χ3v) is 6.74. The van der Waals surface area contributed by atoms with Gasteiger partial charge in [-0.3, -0.25) is 8.98 Å². The van der Waals surface area contributed by atoms with Gasteiger partial charge in [-0.05, 0) is 48.7 Å². The lowest BCUT2D eigenvalue weighted by molar-refractivity contribution is -0.121. The standard InChI is InChI=1S/C26H34N2O10S/c1-16(2)14-20(27)25(31)28-39(33,34)36-15-22-24(30)23(29)21(38-22)12-13-35-26(32)17-8-10-19(11-9-17)37-18-6-4-3-5-7-18/h3-11,16,20-24,29-30H,12-15,27H2,1-2H3,(H,28,31). The molecule has 0 radical (unpaired) electrons. The van der Waals surface area contributed by atoms with Crippen molar-refractivity contribution in [3.05, 3.63) is 60.2 Å². The molecule has 0 aliphatic carbocycles. The number of rotatable bonds is 13. The van der Waals surface area contributed by atoms with E-state index >= 15 is 0 Å². The number of hydrogen-bond donors (Lipinski definition) is 4. The van der Waals surface area contributed by atoms with Crippen molar-refractivity contribution in [2.45, 2.75) is 57.1 Å². The fraction of sp³-hybridized carbons (Fsp3) is 0.462. The number of esters is 1. The zero-order chi connectivity index (χ0) is 28.6. The molecule has 5 unspecified atom stereocenters. The third-order valence-electron chi connectivity index (χ3n) is 5.84. The molecule has 5 N–H and O–H groups in total. The Hall–Kier alpha value is -3.07. The summed E-state index contributed by atoms with van der Waals surface area (Å²) in [5, 5.41) is 20.5. The molecule has 5 atom stereocenters. The Morgan fingerprint density at radius 1 is 1.00 bits per heavy atom. The summed E-state index contributed by atoms with van der Waals surface area (Å²) in [7, 11) is -4.52. The van der Waals surface area contributed by atoms with Crippen LogP contribution in [0.1, 0.15) is 37.0 Å². The average Bonchev–Trinajstić information content (AvgIpc) is 3.16. The van der Waals surface area contributed by atoms with Crippen molar-refractivity contribution < 1.29 is 46.6 Å². The van der Waals surface area contributed by atoms with Gasteiger partial charge >= 0.3 is 16.3 Å².